The van der Waals surface area contributed by atoms with E-state index in [0.29, 0.717) is 0 Å². The minimum absolute atomic E-state index is 0.136. The predicted octanol–water partition coefficient (Wildman–Crippen LogP) is 2.76. The Hall–Kier alpha value is -1.52. The van der Waals surface area contributed by atoms with Crippen LogP contribution in [0.3, 0.4) is 0 Å². The minimum Gasteiger partial charge on any atom is -0.166 e. The molecule has 1 aliphatic rings. The van der Waals surface area contributed by atoms with Gasteiger partial charge in [0.25, 0.3) is 0 Å². The second-order valence-corrected chi connectivity index (χ2v) is 4.18. The average molecular weight is 243 g/mol. The van der Waals surface area contributed by atoms with E-state index < -0.39 is 11.7 Å². The number of benzene rings is 1. The van der Waals surface area contributed by atoms with Gasteiger partial charge in [-0.1, -0.05) is 23.7 Å². The van der Waals surface area contributed by atoms with E-state index in [0.717, 1.165) is 24.1 Å². The first-order valence-electron chi connectivity index (χ1n) is 5.46. The van der Waals surface area contributed by atoms with Crippen molar-refractivity contribution in [1.29, 1.82) is 0 Å². The van der Waals surface area contributed by atoms with Gasteiger partial charge in [-0.15, -0.1) is 5.43 Å². The molecule has 1 N–H and O–H groups in total. The third kappa shape index (κ3) is 2.43. The fraction of sp³-hybridized carbons (Fsp3) is 0.417. The molecule has 1 aromatic carbocycles. The normalized spacial score (nSPS) is 20.9. The van der Waals surface area contributed by atoms with Crippen molar-refractivity contribution < 1.29 is 17.9 Å². The highest BCUT2D eigenvalue weighted by Crippen LogP contribution is 2.32. The van der Waals surface area contributed by atoms with Crippen molar-refractivity contribution in [3.8, 4) is 0 Å². The molecule has 1 aromatic rings. The Bertz CT molecular complexity index is 422. The van der Waals surface area contributed by atoms with Crippen molar-refractivity contribution in [2.75, 3.05) is 0 Å². The van der Waals surface area contributed by atoms with Crippen LogP contribution in [0.25, 0.3) is 0 Å². The van der Waals surface area contributed by atoms with Gasteiger partial charge in [0.2, 0.25) is 0 Å². The second kappa shape index (κ2) is 4.05. The SMILES string of the molecule is C=[N+]1NC1C(CC)c1ccc(C(F)(F)F)cc1. The lowest BCUT2D eigenvalue weighted by molar-refractivity contribution is -0.385. The third-order valence-electron chi connectivity index (χ3n) is 3.05. The van der Waals surface area contributed by atoms with Crippen molar-refractivity contribution >= 4 is 6.72 Å². The maximum absolute atomic E-state index is 12.4. The average Bonchev–Trinajstić information content (AvgIpc) is 2.96. The number of hydrogen-bond donors (Lipinski definition) is 1. The molecule has 5 heteroatoms. The molecule has 1 saturated heterocycles. The van der Waals surface area contributed by atoms with E-state index in [9.17, 15) is 13.2 Å². The van der Waals surface area contributed by atoms with E-state index in [1.54, 1.807) is 16.8 Å². The van der Waals surface area contributed by atoms with Crippen LogP contribution in [0.4, 0.5) is 13.2 Å². The fourth-order valence-corrected chi connectivity index (χ4v) is 2.00. The molecule has 2 rings (SSSR count). The second-order valence-electron chi connectivity index (χ2n) is 4.18. The summed E-state index contributed by atoms with van der Waals surface area (Å²) in [5, 5.41) is 0. The molecule has 0 saturated carbocycles. The van der Waals surface area contributed by atoms with E-state index in [1.807, 2.05) is 6.92 Å². The van der Waals surface area contributed by atoms with Crippen LogP contribution in [0, 0.1) is 0 Å². The molecule has 17 heavy (non-hydrogen) atoms. The molecule has 2 atom stereocenters. The van der Waals surface area contributed by atoms with Crippen molar-refractivity contribution in [2.45, 2.75) is 31.6 Å². The van der Waals surface area contributed by atoms with E-state index in [-0.39, 0.29) is 12.1 Å². The van der Waals surface area contributed by atoms with Crippen LogP contribution in [-0.4, -0.2) is 17.6 Å². The molecular weight excluding hydrogens is 229 g/mol. The first-order valence-corrected chi connectivity index (χ1v) is 5.46. The lowest BCUT2D eigenvalue weighted by Crippen LogP contribution is -2.10. The Morgan fingerprint density at radius 1 is 1.35 bits per heavy atom. The molecule has 1 heterocycles. The number of hydrazine groups is 1. The van der Waals surface area contributed by atoms with E-state index in [2.05, 4.69) is 12.1 Å². The maximum atomic E-state index is 12.4. The van der Waals surface area contributed by atoms with E-state index in [4.69, 9.17) is 0 Å². The number of hydrogen-bond acceptors (Lipinski definition) is 1. The van der Waals surface area contributed by atoms with Gasteiger partial charge < -0.3 is 0 Å². The zero-order chi connectivity index (χ0) is 12.6. The molecule has 92 valence electrons. The first-order chi connectivity index (χ1) is 7.93. The zero-order valence-corrected chi connectivity index (χ0v) is 9.46. The molecular formula is C12H14F3N2+. The topological polar surface area (TPSA) is 25.0 Å². The summed E-state index contributed by atoms with van der Waals surface area (Å²) in [4.78, 5) is 0. The van der Waals surface area contributed by atoms with E-state index in [1.165, 1.54) is 0 Å². The summed E-state index contributed by atoms with van der Waals surface area (Å²) in [6, 6.07) is 5.36. The molecule has 2 unspecified atom stereocenters. The van der Waals surface area contributed by atoms with Gasteiger partial charge in [-0.2, -0.15) is 13.2 Å². The lowest BCUT2D eigenvalue weighted by atomic mass is 9.94. The predicted molar refractivity (Wildman–Crippen MR) is 58.8 cm³/mol. The Morgan fingerprint density at radius 2 is 1.88 bits per heavy atom. The van der Waals surface area contributed by atoms with Crippen LogP contribution in [0.15, 0.2) is 24.3 Å². The Kier molecular flexibility index (Phi) is 2.85. The van der Waals surface area contributed by atoms with Gasteiger partial charge in [-0.05, 0) is 24.1 Å². The Labute approximate surface area is 97.7 Å². The van der Waals surface area contributed by atoms with Crippen LogP contribution in [-0.2, 0) is 6.18 Å². The van der Waals surface area contributed by atoms with Gasteiger partial charge in [0.05, 0.1) is 11.5 Å². The molecule has 0 bridgehead atoms. The van der Waals surface area contributed by atoms with E-state index >= 15 is 0 Å². The monoisotopic (exact) mass is 243 g/mol. The molecule has 0 aromatic heterocycles. The quantitative estimate of drug-likeness (QED) is 0.641. The number of halogens is 3. The molecule has 1 fully saturated rings. The summed E-state index contributed by atoms with van der Waals surface area (Å²) in [6.45, 7) is 5.73. The zero-order valence-electron chi connectivity index (χ0n) is 9.46. The number of rotatable bonds is 3. The van der Waals surface area contributed by atoms with Crippen LogP contribution in [0.5, 0.6) is 0 Å². The van der Waals surface area contributed by atoms with Crippen molar-refractivity contribution in [2.24, 2.45) is 0 Å². The summed E-state index contributed by atoms with van der Waals surface area (Å²) in [7, 11) is 0. The van der Waals surface area contributed by atoms with Crippen LogP contribution < -0.4 is 5.43 Å². The Morgan fingerprint density at radius 3 is 2.24 bits per heavy atom. The smallest absolute Gasteiger partial charge is 0.166 e. The van der Waals surface area contributed by atoms with Gasteiger partial charge in [0.15, 0.2) is 6.72 Å². The summed E-state index contributed by atoms with van der Waals surface area (Å²) in [5.41, 5.74) is 3.33. The lowest BCUT2D eigenvalue weighted by Gasteiger charge is -2.10. The van der Waals surface area contributed by atoms with Crippen LogP contribution in [0.1, 0.15) is 30.4 Å². The first kappa shape index (κ1) is 12.0. The standard InChI is InChI=1S/C12H14F3N2/c1-3-10(11-16-17(11)2)8-4-6-9(7-5-8)12(13,14)15/h4-7,10-11,16H,2-3H2,1H3/q+1. The van der Waals surface area contributed by atoms with Gasteiger partial charge in [-0.3, -0.25) is 0 Å². The summed E-state index contributed by atoms with van der Waals surface area (Å²) < 4.78 is 38.9. The number of alkyl halides is 3. The van der Waals surface area contributed by atoms with Crippen molar-refractivity contribution in [3.05, 3.63) is 35.4 Å². The third-order valence-corrected chi connectivity index (χ3v) is 3.05. The van der Waals surface area contributed by atoms with Gasteiger partial charge in [0.1, 0.15) is 0 Å². The Balaban J connectivity index is 2.19. The molecule has 1 aliphatic heterocycles. The van der Waals surface area contributed by atoms with Gasteiger partial charge in [-0.25, -0.2) is 0 Å². The van der Waals surface area contributed by atoms with Gasteiger partial charge >= 0.3 is 12.3 Å². The van der Waals surface area contributed by atoms with Crippen molar-refractivity contribution in [1.82, 2.24) is 5.43 Å². The van der Waals surface area contributed by atoms with Crippen LogP contribution >= 0.6 is 0 Å². The number of nitrogens with one attached hydrogen (secondary N) is 1. The number of nitrogens with zero attached hydrogens (tertiary/aromatic N) is 1. The van der Waals surface area contributed by atoms with Gasteiger partial charge in [0, 0.05) is 0 Å². The molecule has 0 radical (unpaired) electrons. The van der Waals surface area contributed by atoms with Crippen LogP contribution in [0.2, 0.25) is 0 Å². The largest absolute Gasteiger partial charge is 0.416 e. The summed E-state index contributed by atoms with van der Waals surface area (Å²) in [6.07, 6.45) is -3.28. The fourth-order valence-electron chi connectivity index (χ4n) is 2.00. The molecule has 0 aliphatic carbocycles. The molecule has 2 nitrogen and oxygen atoms in total. The highest BCUT2D eigenvalue weighted by atomic mass is 19.4. The van der Waals surface area contributed by atoms with Crippen molar-refractivity contribution in [3.63, 3.8) is 0 Å². The molecule has 0 spiro atoms. The number of hydrazone groups is 1. The minimum atomic E-state index is -4.27. The summed E-state index contributed by atoms with van der Waals surface area (Å²) >= 11 is 0. The highest BCUT2D eigenvalue weighted by molar-refractivity contribution is 5.28. The summed E-state index contributed by atoms with van der Waals surface area (Å²) in [5.74, 6) is 0.176. The molecule has 0 amide bonds. The maximum Gasteiger partial charge on any atom is 0.416 e. The highest BCUT2D eigenvalue weighted by Gasteiger charge is 2.45.